The van der Waals surface area contributed by atoms with E-state index in [2.05, 4.69) is 47.8 Å². The third-order valence-corrected chi connectivity index (χ3v) is 7.47. The number of aliphatic hydroxyl groups excluding tert-OH is 1. The van der Waals surface area contributed by atoms with Gasteiger partial charge in [0.2, 0.25) is 5.91 Å². The Labute approximate surface area is 240 Å². The van der Waals surface area contributed by atoms with Crippen LogP contribution in [0.1, 0.15) is 24.0 Å². The molecule has 0 radical (unpaired) electrons. The molecule has 5 atom stereocenters. The zero-order valence-electron chi connectivity index (χ0n) is 23.3. The van der Waals surface area contributed by atoms with Gasteiger partial charge >= 0.3 is 0 Å². The SMILES string of the molecule is CO[C@H]1[C@H](O)[C@@H](COCc2ccc3ccccc3c2)OC(OCc2ccc3ccccc3c2)[C@@H]1NC(=O)CCCN. The fourth-order valence-electron chi connectivity index (χ4n) is 5.28. The molecule has 8 heteroatoms. The van der Waals surface area contributed by atoms with Crippen LogP contribution in [0.25, 0.3) is 21.5 Å². The fraction of sp³-hybridized carbons (Fsp3) is 0.364. The first-order valence-corrected chi connectivity index (χ1v) is 14.1. The quantitative estimate of drug-likeness (QED) is 0.241. The minimum absolute atomic E-state index is 0.123. The lowest BCUT2D eigenvalue weighted by Gasteiger charge is -2.44. The average Bonchev–Trinajstić information content (AvgIpc) is 3.00. The number of fused-ring (bicyclic) bond motifs is 2. The van der Waals surface area contributed by atoms with Crippen LogP contribution in [-0.2, 0) is 37.0 Å². The summed E-state index contributed by atoms with van der Waals surface area (Å²) in [4.78, 5) is 12.7. The predicted molar refractivity (Wildman–Crippen MR) is 158 cm³/mol. The number of ether oxygens (including phenoxy) is 4. The number of carbonyl (C=O) groups excluding carboxylic acids is 1. The van der Waals surface area contributed by atoms with E-state index in [9.17, 15) is 9.90 Å². The van der Waals surface area contributed by atoms with Crippen molar-refractivity contribution < 1.29 is 28.8 Å². The van der Waals surface area contributed by atoms with Crippen molar-refractivity contribution in [2.45, 2.75) is 56.7 Å². The summed E-state index contributed by atoms with van der Waals surface area (Å²) in [6, 6.07) is 27.9. The van der Waals surface area contributed by atoms with Gasteiger partial charge in [-0.3, -0.25) is 4.79 Å². The number of methoxy groups -OCH3 is 1. The van der Waals surface area contributed by atoms with Crippen LogP contribution in [0.15, 0.2) is 84.9 Å². The van der Waals surface area contributed by atoms with E-state index in [4.69, 9.17) is 24.7 Å². The van der Waals surface area contributed by atoms with Crippen LogP contribution < -0.4 is 11.1 Å². The van der Waals surface area contributed by atoms with Crippen LogP contribution in [0, 0.1) is 0 Å². The second kappa shape index (κ2) is 14.0. The molecule has 4 aromatic rings. The molecule has 41 heavy (non-hydrogen) atoms. The number of rotatable bonds is 12. The van der Waals surface area contributed by atoms with Crippen molar-refractivity contribution >= 4 is 27.5 Å². The van der Waals surface area contributed by atoms with Gasteiger partial charge in [0, 0.05) is 13.5 Å². The monoisotopic (exact) mass is 558 g/mol. The van der Waals surface area contributed by atoms with E-state index in [1.165, 1.54) is 7.11 Å². The highest BCUT2D eigenvalue weighted by atomic mass is 16.7. The van der Waals surface area contributed by atoms with E-state index >= 15 is 0 Å². The average molecular weight is 559 g/mol. The summed E-state index contributed by atoms with van der Waals surface area (Å²) in [6.45, 7) is 1.14. The van der Waals surface area contributed by atoms with Crippen molar-refractivity contribution in [3.8, 4) is 0 Å². The summed E-state index contributed by atoms with van der Waals surface area (Å²) in [5.41, 5.74) is 7.57. The molecule has 1 heterocycles. The molecule has 0 aliphatic carbocycles. The number of benzene rings is 4. The van der Waals surface area contributed by atoms with Gasteiger partial charge in [0.15, 0.2) is 6.29 Å². The molecule has 0 aromatic heterocycles. The van der Waals surface area contributed by atoms with Gasteiger partial charge in [-0.25, -0.2) is 0 Å². The normalized spacial score (nSPS) is 22.7. The van der Waals surface area contributed by atoms with Crippen molar-refractivity contribution in [1.29, 1.82) is 0 Å². The number of hydrogen-bond acceptors (Lipinski definition) is 7. The van der Waals surface area contributed by atoms with Gasteiger partial charge in [0.25, 0.3) is 0 Å². The largest absolute Gasteiger partial charge is 0.388 e. The molecule has 0 bridgehead atoms. The predicted octanol–water partition coefficient (Wildman–Crippen LogP) is 4.05. The van der Waals surface area contributed by atoms with Crippen molar-refractivity contribution in [1.82, 2.24) is 5.32 Å². The minimum atomic E-state index is -1.04. The van der Waals surface area contributed by atoms with Gasteiger partial charge in [-0.1, -0.05) is 72.8 Å². The van der Waals surface area contributed by atoms with Gasteiger partial charge in [0.05, 0.1) is 19.8 Å². The molecular formula is C33H38N2O6. The van der Waals surface area contributed by atoms with Crippen LogP contribution in [0.5, 0.6) is 0 Å². The molecule has 1 unspecified atom stereocenters. The molecule has 1 aliphatic rings. The number of amides is 1. The van der Waals surface area contributed by atoms with Crippen molar-refractivity contribution in [3.63, 3.8) is 0 Å². The third-order valence-electron chi connectivity index (χ3n) is 7.47. The zero-order valence-corrected chi connectivity index (χ0v) is 23.3. The number of nitrogens with one attached hydrogen (secondary N) is 1. The highest BCUT2D eigenvalue weighted by Gasteiger charge is 2.47. The molecule has 4 N–H and O–H groups in total. The maximum atomic E-state index is 12.7. The lowest BCUT2D eigenvalue weighted by Crippen LogP contribution is -2.65. The molecule has 1 aliphatic heterocycles. The molecule has 1 fully saturated rings. The highest BCUT2D eigenvalue weighted by Crippen LogP contribution is 2.27. The molecular weight excluding hydrogens is 520 g/mol. The Balaban J connectivity index is 1.28. The van der Waals surface area contributed by atoms with E-state index in [1.54, 1.807) is 0 Å². The van der Waals surface area contributed by atoms with Gasteiger partial charge < -0.3 is 35.1 Å². The van der Waals surface area contributed by atoms with E-state index in [-0.39, 0.29) is 25.5 Å². The Morgan fingerprint density at radius 2 is 1.51 bits per heavy atom. The van der Waals surface area contributed by atoms with Gasteiger partial charge in [0.1, 0.15) is 24.4 Å². The number of hydrogen-bond donors (Lipinski definition) is 3. The smallest absolute Gasteiger partial charge is 0.220 e. The first kappa shape index (κ1) is 29.1. The molecule has 5 rings (SSSR count). The molecule has 1 saturated heterocycles. The van der Waals surface area contributed by atoms with E-state index in [1.807, 2.05) is 42.5 Å². The number of carbonyl (C=O) groups is 1. The van der Waals surface area contributed by atoms with Gasteiger partial charge in [-0.15, -0.1) is 0 Å². The number of nitrogens with two attached hydrogens (primary N) is 1. The summed E-state index contributed by atoms with van der Waals surface area (Å²) >= 11 is 0. The fourth-order valence-corrected chi connectivity index (χ4v) is 5.28. The second-order valence-corrected chi connectivity index (χ2v) is 10.4. The van der Waals surface area contributed by atoms with Crippen molar-refractivity contribution in [2.24, 2.45) is 5.73 Å². The first-order valence-electron chi connectivity index (χ1n) is 14.1. The molecule has 0 spiro atoms. The van der Waals surface area contributed by atoms with Crippen LogP contribution in [0.2, 0.25) is 0 Å². The van der Waals surface area contributed by atoms with Crippen LogP contribution in [0.3, 0.4) is 0 Å². The molecule has 1 amide bonds. The lowest BCUT2D eigenvalue weighted by molar-refractivity contribution is -0.279. The second-order valence-electron chi connectivity index (χ2n) is 10.4. The number of aliphatic hydroxyl groups is 1. The standard InChI is InChI=1S/C33H38N2O6/c1-38-32-30(35-29(36)11-6-16-34)33(40-20-23-13-15-25-8-3-5-10-27(25)18-23)41-28(31(32)37)21-39-19-22-12-14-24-7-2-4-9-26(24)17-22/h2-5,7-10,12-15,17-18,28,30-33,37H,6,11,16,19-21,34H2,1H3,(H,35,36)/t28-,30-,31-,32-,33?/m1/s1. The van der Waals surface area contributed by atoms with E-state index < -0.39 is 30.6 Å². The lowest BCUT2D eigenvalue weighted by atomic mass is 9.96. The van der Waals surface area contributed by atoms with Crippen LogP contribution >= 0.6 is 0 Å². The Hall–Kier alpha value is -3.37. The maximum Gasteiger partial charge on any atom is 0.220 e. The third kappa shape index (κ3) is 7.29. The molecule has 8 nitrogen and oxygen atoms in total. The topological polar surface area (TPSA) is 112 Å². The van der Waals surface area contributed by atoms with E-state index in [0.717, 1.165) is 32.7 Å². The Morgan fingerprint density at radius 1 is 0.902 bits per heavy atom. The molecule has 216 valence electrons. The first-order chi connectivity index (χ1) is 20.1. The van der Waals surface area contributed by atoms with Crippen molar-refractivity contribution in [3.05, 3.63) is 96.1 Å². The van der Waals surface area contributed by atoms with Crippen LogP contribution in [0.4, 0.5) is 0 Å². The Bertz CT molecular complexity index is 1450. The minimum Gasteiger partial charge on any atom is -0.388 e. The summed E-state index contributed by atoms with van der Waals surface area (Å²) in [5.74, 6) is -0.205. The van der Waals surface area contributed by atoms with Crippen molar-refractivity contribution in [2.75, 3.05) is 20.3 Å². The van der Waals surface area contributed by atoms with E-state index in [0.29, 0.717) is 19.6 Å². The van der Waals surface area contributed by atoms with Gasteiger partial charge in [-0.05, 0) is 57.8 Å². The van der Waals surface area contributed by atoms with Gasteiger partial charge in [-0.2, -0.15) is 0 Å². The summed E-state index contributed by atoms with van der Waals surface area (Å²) in [5, 5.41) is 18.7. The summed E-state index contributed by atoms with van der Waals surface area (Å²) in [7, 11) is 1.51. The summed E-state index contributed by atoms with van der Waals surface area (Å²) < 4.78 is 24.2. The summed E-state index contributed by atoms with van der Waals surface area (Å²) in [6.07, 6.45) is -2.59. The Morgan fingerprint density at radius 3 is 2.12 bits per heavy atom. The molecule has 4 aromatic carbocycles. The maximum absolute atomic E-state index is 12.7. The zero-order chi connectivity index (χ0) is 28.6. The molecule has 0 saturated carbocycles. The van der Waals surface area contributed by atoms with Crippen LogP contribution in [-0.4, -0.2) is 61.9 Å². The Kier molecular flexibility index (Phi) is 9.95. The highest BCUT2D eigenvalue weighted by molar-refractivity contribution is 5.83.